The molecule has 198 valence electrons. The van der Waals surface area contributed by atoms with Crippen LogP contribution in [-0.4, -0.2) is 56.3 Å². The molecule has 0 saturated carbocycles. The number of rotatable bonds is 16. The number of halogens is 1. The number of unbranched alkanes of at least 4 members (excludes halogenated alkanes) is 5. The van der Waals surface area contributed by atoms with Crippen LogP contribution in [0.3, 0.4) is 0 Å². The molecule has 0 unspecified atom stereocenters. The number of benzene rings is 2. The lowest BCUT2D eigenvalue weighted by Crippen LogP contribution is -2.46. The van der Waals surface area contributed by atoms with Crippen molar-refractivity contribution in [2.75, 3.05) is 45.2 Å². The number of carbonyl (C=O) groups is 2. The molecular formula is C29H42FN2O4+. The van der Waals surface area contributed by atoms with Crippen LogP contribution in [0.2, 0.25) is 0 Å². The maximum atomic E-state index is 13.9. The quantitative estimate of drug-likeness (QED) is 0.163. The summed E-state index contributed by atoms with van der Waals surface area (Å²) < 4.78 is 25.9. The number of nitrogens with zero attached hydrogens (tertiary/aromatic N) is 1. The van der Waals surface area contributed by atoms with E-state index in [4.69, 9.17) is 9.47 Å². The fourth-order valence-electron chi connectivity index (χ4n) is 3.74. The Kier molecular flexibility index (Phi) is 12.4. The fourth-order valence-corrected chi connectivity index (χ4v) is 3.74. The zero-order valence-electron chi connectivity index (χ0n) is 22.3. The molecule has 0 aliphatic heterocycles. The first-order valence-electron chi connectivity index (χ1n) is 13.2. The van der Waals surface area contributed by atoms with E-state index in [1.165, 1.54) is 37.5 Å². The molecule has 0 fully saturated rings. The molecule has 1 amide bonds. The molecule has 0 aliphatic rings. The summed E-state index contributed by atoms with van der Waals surface area (Å²) in [5.41, 5.74) is 1.03. The number of amides is 1. The van der Waals surface area contributed by atoms with Crippen molar-refractivity contribution < 1.29 is 27.9 Å². The first-order valence-corrected chi connectivity index (χ1v) is 13.2. The summed E-state index contributed by atoms with van der Waals surface area (Å²) in [6, 6.07) is 10.4. The SMILES string of the molecule is CCCCCCCCOc1ccc(F)cc1C(=O)Nc1ccc(C(=O)OCC[N+](C)(CC)CC)cc1. The molecule has 0 heterocycles. The summed E-state index contributed by atoms with van der Waals surface area (Å²) in [5, 5.41) is 2.75. The number of hydrogen-bond donors (Lipinski definition) is 1. The topological polar surface area (TPSA) is 64.6 Å². The van der Waals surface area contributed by atoms with Gasteiger partial charge in [-0.3, -0.25) is 4.79 Å². The zero-order chi connectivity index (χ0) is 26.4. The van der Waals surface area contributed by atoms with E-state index >= 15 is 0 Å². The third kappa shape index (κ3) is 9.61. The number of likely N-dealkylation sites (N-methyl/N-ethyl adjacent to an activating group) is 1. The van der Waals surface area contributed by atoms with Gasteiger partial charge in [-0.25, -0.2) is 9.18 Å². The Morgan fingerprint density at radius 1 is 0.889 bits per heavy atom. The summed E-state index contributed by atoms with van der Waals surface area (Å²) in [6.45, 7) is 9.94. The number of quaternary nitrogens is 1. The predicted molar refractivity (Wildman–Crippen MR) is 142 cm³/mol. The predicted octanol–water partition coefficient (Wildman–Crippen LogP) is 6.46. The van der Waals surface area contributed by atoms with Crippen molar-refractivity contribution in [3.63, 3.8) is 0 Å². The van der Waals surface area contributed by atoms with Gasteiger partial charge in [-0.1, -0.05) is 39.0 Å². The lowest BCUT2D eigenvalue weighted by Gasteiger charge is -2.31. The Morgan fingerprint density at radius 2 is 1.56 bits per heavy atom. The Morgan fingerprint density at radius 3 is 2.22 bits per heavy atom. The maximum absolute atomic E-state index is 13.9. The highest BCUT2D eigenvalue weighted by Crippen LogP contribution is 2.22. The lowest BCUT2D eigenvalue weighted by atomic mass is 10.1. The molecule has 0 aromatic heterocycles. The average molecular weight is 502 g/mol. The van der Waals surface area contributed by atoms with Crippen molar-refractivity contribution in [3.05, 3.63) is 59.4 Å². The number of nitrogens with one attached hydrogen (secondary N) is 1. The Labute approximate surface area is 215 Å². The third-order valence-electron chi connectivity index (χ3n) is 6.71. The van der Waals surface area contributed by atoms with Crippen LogP contribution in [0.5, 0.6) is 5.75 Å². The van der Waals surface area contributed by atoms with E-state index in [0.29, 0.717) is 30.2 Å². The Balaban J connectivity index is 1.91. The fraction of sp³-hybridized carbons (Fsp3) is 0.517. The number of ether oxygens (including phenoxy) is 2. The van der Waals surface area contributed by atoms with Crippen LogP contribution in [0.25, 0.3) is 0 Å². The second-order valence-corrected chi connectivity index (χ2v) is 9.40. The maximum Gasteiger partial charge on any atom is 0.338 e. The number of hydrogen-bond acceptors (Lipinski definition) is 4. The summed E-state index contributed by atoms with van der Waals surface area (Å²) in [6.07, 6.45) is 6.76. The van der Waals surface area contributed by atoms with Crippen molar-refractivity contribution in [3.8, 4) is 5.75 Å². The largest absolute Gasteiger partial charge is 0.493 e. The Bertz CT molecular complexity index is 958. The third-order valence-corrected chi connectivity index (χ3v) is 6.71. The Hall–Kier alpha value is -2.93. The van der Waals surface area contributed by atoms with Crippen molar-refractivity contribution in [1.29, 1.82) is 0 Å². The first-order chi connectivity index (χ1) is 17.3. The zero-order valence-corrected chi connectivity index (χ0v) is 22.3. The molecule has 0 atom stereocenters. The molecule has 0 saturated heterocycles. The summed E-state index contributed by atoms with van der Waals surface area (Å²) >= 11 is 0. The molecule has 0 bridgehead atoms. The van der Waals surface area contributed by atoms with Gasteiger partial charge in [0.05, 0.1) is 37.9 Å². The monoisotopic (exact) mass is 501 g/mol. The van der Waals surface area contributed by atoms with Crippen LogP contribution in [0.1, 0.15) is 80.0 Å². The minimum Gasteiger partial charge on any atom is -0.493 e. The van der Waals surface area contributed by atoms with Gasteiger partial charge in [-0.2, -0.15) is 0 Å². The second-order valence-electron chi connectivity index (χ2n) is 9.40. The first kappa shape index (κ1) is 29.3. The number of anilines is 1. The highest BCUT2D eigenvalue weighted by atomic mass is 19.1. The van der Waals surface area contributed by atoms with Crippen molar-refractivity contribution in [2.24, 2.45) is 0 Å². The average Bonchev–Trinajstić information content (AvgIpc) is 2.89. The molecule has 6 nitrogen and oxygen atoms in total. The standard InChI is InChI=1S/C29H41FN2O4/c1-5-8-9-10-11-12-20-35-27-18-15-24(30)22-26(27)28(33)31-25-16-13-23(14-17-25)29(34)36-21-19-32(4,6-2)7-3/h13-18,22H,5-12,19-21H2,1-4H3/p+1. The van der Waals surface area contributed by atoms with Gasteiger partial charge in [0, 0.05) is 5.69 Å². The molecule has 0 spiro atoms. The molecule has 0 radical (unpaired) electrons. The summed E-state index contributed by atoms with van der Waals surface area (Å²) in [4.78, 5) is 25.2. The molecule has 7 heteroatoms. The van der Waals surface area contributed by atoms with E-state index in [9.17, 15) is 14.0 Å². The normalized spacial score (nSPS) is 11.2. The summed E-state index contributed by atoms with van der Waals surface area (Å²) in [5.74, 6) is -1.03. The second kappa shape index (κ2) is 15.2. The van der Waals surface area contributed by atoms with E-state index in [1.807, 2.05) is 0 Å². The van der Waals surface area contributed by atoms with Gasteiger partial charge in [0.2, 0.25) is 0 Å². The van der Waals surface area contributed by atoms with Crippen LogP contribution in [0.15, 0.2) is 42.5 Å². The van der Waals surface area contributed by atoms with Gasteiger partial charge in [0.15, 0.2) is 0 Å². The van der Waals surface area contributed by atoms with E-state index in [0.717, 1.165) is 43.4 Å². The van der Waals surface area contributed by atoms with Crippen LogP contribution in [0, 0.1) is 5.82 Å². The van der Waals surface area contributed by atoms with Crippen molar-refractivity contribution in [1.82, 2.24) is 0 Å². The highest BCUT2D eigenvalue weighted by Gasteiger charge is 2.18. The van der Waals surface area contributed by atoms with E-state index < -0.39 is 17.7 Å². The number of carbonyl (C=O) groups excluding carboxylic acids is 2. The molecular weight excluding hydrogens is 459 g/mol. The lowest BCUT2D eigenvalue weighted by molar-refractivity contribution is -0.906. The van der Waals surface area contributed by atoms with Gasteiger partial charge in [-0.15, -0.1) is 0 Å². The molecule has 0 aliphatic carbocycles. The molecule has 2 aromatic rings. The molecule has 2 rings (SSSR count). The van der Waals surface area contributed by atoms with Gasteiger partial charge >= 0.3 is 5.97 Å². The van der Waals surface area contributed by atoms with Gasteiger partial charge < -0.3 is 19.3 Å². The minimum atomic E-state index is -0.508. The molecule has 36 heavy (non-hydrogen) atoms. The van der Waals surface area contributed by atoms with Crippen LogP contribution >= 0.6 is 0 Å². The summed E-state index contributed by atoms with van der Waals surface area (Å²) in [7, 11) is 2.13. The molecule has 1 N–H and O–H groups in total. The highest BCUT2D eigenvalue weighted by molar-refractivity contribution is 6.06. The van der Waals surface area contributed by atoms with E-state index in [1.54, 1.807) is 24.3 Å². The van der Waals surface area contributed by atoms with Crippen LogP contribution in [0.4, 0.5) is 10.1 Å². The van der Waals surface area contributed by atoms with E-state index in [-0.39, 0.29) is 5.56 Å². The minimum absolute atomic E-state index is 0.137. The number of esters is 1. The van der Waals surface area contributed by atoms with Gasteiger partial charge in [-0.05, 0) is 62.7 Å². The molecule has 2 aromatic carbocycles. The van der Waals surface area contributed by atoms with E-state index in [2.05, 4.69) is 33.1 Å². The van der Waals surface area contributed by atoms with Crippen LogP contribution < -0.4 is 10.1 Å². The smallest absolute Gasteiger partial charge is 0.338 e. The van der Waals surface area contributed by atoms with Gasteiger partial charge in [0.25, 0.3) is 5.91 Å². The van der Waals surface area contributed by atoms with Gasteiger partial charge in [0.1, 0.15) is 24.7 Å². The van der Waals surface area contributed by atoms with Crippen molar-refractivity contribution >= 4 is 17.6 Å². The van der Waals surface area contributed by atoms with Crippen LogP contribution in [-0.2, 0) is 4.74 Å². The van der Waals surface area contributed by atoms with Crippen molar-refractivity contribution in [2.45, 2.75) is 59.3 Å².